The molecule has 0 bridgehead atoms. The molecule has 0 radical (unpaired) electrons. The van der Waals surface area contributed by atoms with Gasteiger partial charge in [0.1, 0.15) is 11.7 Å². The summed E-state index contributed by atoms with van der Waals surface area (Å²) in [5.41, 5.74) is 4.26. The van der Waals surface area contributed by atoms with Crippen LogP contribution in [0.3, 0.4) is 0 Å². The Balaban J connectivity index is 1.26. The van der Waals surface area contributed by atoms with Gasteiger partial charge >= 0.3 is 0 Å². The van der Waals surface area contributed by atoms with Crippen molar-refractivity contribution in [2.45, 2.75) is 44.4 Å². The zero-order chi connectivity index (χ0) is 16.8. The normalized spacial score (nSPS) is 25.7. The van der Waals surface area contributed by atoms with Crippen molar-refractivity contribution in [3.63, 3.8) is 0 Å². The first kappa shape index (κ1) is 15.1. The Bertz CT molecular complexity index is 796. The second-order valence-electron chi connectivity index (χ2n) is 7.00. The molecule has 2 atom stereocenters. The van der Waals surface area contributed by atoms with E-state index in [0.29, 0.717) is 6.54 Å². The molecule has 2 aromatic rings. The summed E-state index contributed by atoms with van der Waals surface area (Å²) in [4.78, 5) is 15.9. The van der Waals surface area contributed by atoms with Crippen LogP contribution < -0.4 is 5.43 Å². The predicted octanol–water partition coefficient (Wildman–Crippen LogP) is 1.88. The Labute approximate surface area is 149 Å². The fourth-order valence-corrected chi connectivity index (χ4v) is 4.27. The summed E-state index contributed by atoms with van der Waals surface area (Å²) >= 11 is 1.72. The average Bonchev–Trinajstić information content (AvgIpc) is 3.04. The lowest BCUT2D eigenvalue weighted by atomic mass is 10.1. The Morgan fingerprint density at radius 3 is 3.04 bits per heavy atom. The highest BCUT2D eigenvalue weighted by Crippen LogP contribution is 2.33. The summed E-state index contributed by atoms with van der Waals surface area (Å²) < 4.78 is 1.90. The van der Waals surface area contributed by atoms with E-state index in [2.05, 4.69) is 27.2 Å². The quantitative estimate of drug-likeness (QED) is 0.886. The standard InChI is InChI=1S/C17H20N6OS/c24-17-15-8-14(16-2-1-7-25-16)19-23(15)6-5-21(17)10-13-11-22(20-18-13)9-12-3-4-12/h1-2,5-7,11-12,14-15,19H,3-4,8-10H2. The van der Waals surface area contributed by atoms with Crippen LogP contribution in [-0.2, 0) is 17.9 Å². The van der Waals surface area contributed by atoms with Gasteiger partial charge in [-0.3, -0.25) is 9.48 Å². The molecule has 1 aliphatic carbocycles. The number of carbonyl (C=O) groups is 1. The van der Waals surface area contributed by atoms with Crippen LogP contribution >= 0.6 is 11.3 Å². The first-order valence-electron chi connectivity index (χ1n) is 8.72. The van der Waals surface area contributed by atoms with E-state index in [1.807, 2.05) is 34.4 Å². The van der Waals surface area contributed by atoms with E-state index in [0.717, 1.165) is 24.6 Å². The summed E-state index contributed by atoms with van der Waals surface area (Å²) in [5.74, 6) is 0.879. The van der Waals surface area contributed by atoms with Gasteiger partial charge in [-0.05, 0) is 30.2 Å². The van der Waals surface area contributed by atoms with E-state index < -0.39 is 0 Å². The molecule has 4 heterocycles. The molecule has 1 amide bonds. The molecule has 5 rings (SSSR count). The van der Waals surface area contributed by atoms with Gasteiger partial charge in [0, 0.05) is 30.2 Å². The number of hydrazine groups is 1. The number of thiophene rings is 1. The summed E-state index contributed by atoms with van der Waals surface area (Å²) in [6.45, 7) is 1.42. The van der Waals surface area contributed by atoms with Crippen LogP contribution in [0.5, 0.6) is 0 Å². The van der Waals surface area contributed by atoms with E-state index in [9.17, 15) is 4.79 Å². The van der Waals surface area contributed by atoms with Gasteiger partial charge in [0.05, 0.1) is 18.8 Å². The lowest BCUT2D eigenvalue weighted by Crippen LogP contribution is -2.47. The predicted molar refractivity (Wildman–Crippen MR) is 92.9 cm³/mol. The third-order valence-electron chi connectivity index (χ3n) is 5.02. The zero-order valence-corrected chi connectivity index (χ0v) is 14.6. The van der Waals surface area contributed by atoms with Crippen LogP contribution in [-0.4, -0.2) is 36.9 Å². The number of hydrogen-bond donors (Lipinski definition) is 1. The molecule has 8 heteroatoms. The van der Waals surface area contributed by atoms with Crippen molar-refractivity contribution in [3.05, 3.63) is 46.7 Å². The van der Waals surface area contributed by atoms with Crippen LogP contribution in [0.1, 0.15) is 35.9 Å². The van der Waals surface area contributed by atoms with Crippen LogP contribution in [0.4, 0.5) is 0 Å². The lowest BCUT2D eigenvalue weighted by molar-refractivity contribution is -0.135. The van der Waals surface area contributed by atoms with Crippen LogP contribution in [0.25, 0.3) is 0 Å². The smallest absolute Gasteiger partial charge is 0.251 e. The number of carbonyl (C=O) groups excluding carboxylic acids is 1. The van der Waals surface area contributed by atoms with Crippen molar-refractivity contribution in [1.29, 1.82) is 0 Å². The minimum Gasteiger partial charge on any atom is -0.310 e. The fourth-order valence-electron chi connectivity index (χ4n) is 3.48. The maximum absolute atomic E-state index is 12.9. The van der Waals surface area contributed by atoms with Crippen LogP contribution in [0.2, 0.25) is 0 Å². The third-order valence-corrected chi connectivity index (χ3v) is 6.01. The summed E-state index contributed by atoms with van der Waals surface area (Å²) in [7, 11) is 0. The fraction of sp³-hybridized carbons (Fsp3) is 0.471. The van der Waals surface area contributed by atoms with E-state index in [1.54, 1.807) is 16.2 Å². The van der Waals surface area contributed by atoms with E-state index in [-0.39, 0.29) is 18.0 Å². The second-order valence-corrected chi connectivity index (χ2v) is 7.97. The van der Waals surface area contributed by atoms with Gasteiger partial charge < -0.3 is 9.91 Å². The minimum absolute atomic E-state index is 0.116. The van der Waals surface area contributed by atoms with Crippen molar-refractivity contribution >= 4 is 17.2 Å². The average molecular weight is 356 g/mol. The summed E-state index contributed by atoms with van der Waals surface area (Å²) in [6, 6.07) is 4.22. The minimum atomic E-state index is -0.154. The van der Waals surface area contributed by atoms with Crippen molar-refractivity contribution in [1.82, 2.24) is 30.3 Å². The molecule has 130 valence electrons. The molecule has 0 aromatic carbocycles. The lowest BCUT2D eigenvalue weighted by Gasteiger charge is -2.31. The molecule has 0 spiro atoms. The van der Waals surface area contributed by atoms with Gasteiger partial charge in [-0.15, -0.1) is 16.4 Å². The number of aromatic nitrogens is 3. The van der Waals surface area contributed by atoms with E-state index in [1.165, 1.54) is 17.7 Å². The van der Waals surface area contributed by atoms with Gasteiger partial charge in [-0.25, -0.2) is 5.43 Å². The van der Waals surface area contributed by atoms with Crippen molar-refractivity contribution in [3.8, 4) is 0 Å². The largest absolute Gasteiger partial charge is 0.310 e. The highest BCUT2D eigenvalue weighted by molar-refractivity contribution is 7.10. The third kappa shape index (κ3) is 2.96. The first-order chi connectivity index (χ1) is 12.3. The second kappa shape index (κ2) is 5.96. The monoisotopic (exact) mass is 356 g/mol. The molecule has 2 fully saturated rings. The number of hydrogen-bond acceptors (Lipinski definition) is 6. The number of nitrogens with one attached hydrogen (secondary N) is 1. The topological polar surface area (TPSA) is 66.3 Å². The Hall–Kier alpha value is -2.19. The molecule has 2 unspecified atom stereocenters. The summed E-state index contributed by atoms with van der Waals surface area (Å²) in [6.07, 6.45) is 9.12. The molecule has 1 saturated carbocycles. The summed E-state index contributed by atoms with van der Waals surface area (Å²) in [5, 5.41) is 12.4. The molecule has 2 aliphatic heterocycles. The Morgan fingerprint density at radius 2 is 2.24 bits per heavy atom. The number of nitrogens with zero attached hydrogens (tertiary/aromatic N) is 5. The molecule has 2 aromatic heterocycles. The molecular formula is C17H20N6OS. The van der Waals surface area contributed by atoms with Crippen LogP contribution in [0.15, 0.2) is 36.1 Å². The molecule has 7 nitrogen and oxygen atoms in total. The Morgan fingerprint density at radius 1 is 1.32 bits per heavy atom. The first-order valence-corrected chi connectivity index (χ1v) is 9.60. The highest BCUT2D eigenvalue weighted by Gasteiger charge is 2.40. The van der Waals surface area contributed by atoms with Gasteiger partial charge in [0.2, 0.25) is 0 Å². The number of amides is 1. The van der Waals surface area contributed by atoms with Gasteiger partial charge in [0.15, 0.2) is 0 Å². The molecule has 3 aliphatic rings. The van der Waals surface area contributed by atoms with Crippen molar-refractivity contribution in [2.75, 3.05) is 0 Å². The van der Waals surface area contributed by atoms with Crippen LogP contribution in [0, 0.1) is 5.92 Å². The molecular weight excluding hydrogens is 336 g/mol. The number of rotatable bonds is 5. The SMILES string of the molecule is O=C1C2CC(c3cccs3)NN2C=CN1Cc1cn(CC2CC2)nn1. The number of fused-ring (bicyclic) bond motifs is 1. The highest BCUT2D eigenvalue weighted by atomic mass is 32.1. The zero-order valence-electron chi connectivity index (χ0n) is 13.8. The molecule has 25 heavy (non-hydrogen) atoms. The van der Waals surface area contributed by atoms with Crippen molar-refractivity contribution in [2.24, 2.45) is 5.92 Å². The maximum Gasteiger partial charge on any atom is 0.251 e. The molecule has 1 N–H and O–H groups in total. The van der Waals surface area contributed by atoms with E-state index >= 15 is 0 Å². The maximum atomic E-state index is 12.9. The van der Waals surface area contributed by atoms with Gasteiger partial charge in [-0.2, -0.15) is 0 Å². The van der Waals surface area contributed by atoms with E-state index in [4.69, 9.17) is 0 Å². The molecule has 1 saturated heterocycles. The van der Waals surface area contributed by atoms with Gasteiger partial charge in [-0.1, -0.05) is 11.3 Å². The van der Waals surface area contributed by atoms with Crippen molar-refractivity contribution < 1.29 is 4.79 Å². The van der Waals surface area contributed by atoms with Gasteiger partial charge in [0.25, 0.3) is 5.91 Å². The Kier molecular flexibility index (Phi) is 3.60.